The Morgan fingerprint density at radius 3 is 2.37 bits per heavy atom. The quantitative estimate of drug-likeness (QED) is 0.536. The maximum Gasteiger partial charge on any atom is 0.256 e. The molecule has 3 atom stereocenters. The van der Waals surface area contributed by atoms with E-state index in [2.05, 4.69) is 44.8 Å². The maximum absolute atomic E-state index is 12.9. The van der Waals surface area contributed by atoms with Crippen LogP contribution < -0.4 is 10.1 Å². The van der Waals surface area contributed by atoms with Crippen molar-refractivity contribution in [2.45, 2.75) is 66.4 Å². The second kappa shape index (κ2) is 11.7. The predicted octanol–water partition coefficient (Wildman–Crippen LogP) is 5.21. The molecule has 3 unspecified atom stereocenters. The lowest BCUT2D eigenvalue weighted by Crippen LogP contribution is -2.44. The van der Waals surface area contributed by atoms with Crippen molar-refractivity contribution in [2.75, 3.05) is 38.2 Å². The highest BCUT2D eigenvalue weighted by atomic mass is 16.5. The minimum atomic E-state index is -0.817. The summed E-state index contributed by atoms with van der Waals surface area (Å²) in [5, 5.41) is 3.01. The number of nitrogens with zero attached hydrogens (tertiary/aromatic N) is 1. The first-order valence-corrected chi connectivity index (χ1v) is 11.6. The molecular weight excluding hydrogens is 376 g/mol. The summed E-state index contributed by atoms with van der Waals surface area (Å²) in [6.45, 7) is 17.4. The molecule has 1 aliphatic rings. The first-order chi connectivity index (χ1) is 14.2. The van der Waals surface area contributed by atoms with Gasteiger partial charge >= 0.3 is 0 Å². The van der Waals surface area contributed by atoms with Crippen molar-refractivity contribution >= 4 is 11.6 Å². The van der Waals surface area contributed by atoms with Crippen molar-refractivity contribution < 1.29 is 14.3 Å². The van der Waals surface area contributed by atoms with Gasteiger partial charge in [0.15, 0.2) is 0 Å². The van der Waals surface area contributed by atoms with Gasteiger partial charge in [-0.1, -0.05) is 34.6 Å². The van der Waals surface area contributed by atoms with E-state index >= 15 is 0 Å². The van der Waals surface area contributed by atoms with Gasteiger partial charge in [0.2, 0.25) is 0 Å². The van der Waals surface area contributed by atoms with Crippen LogP contribution in [0, 0.1) is 17.8 Å². The average molecular weight is 419 g/mol. The smallest absolute Gasteiger partial charge is 0.256 e. The van der Waals surface area contributed by atoms with Gasteiger partial charge in [0.1, 0.15) is 18.0 Å². The number of likely N-dealkylation sites (tertiary alicyclic amines) is 1. The van der Waals surface area contributed by atoms with Gasteiger partial charge in [0, 0.05) is 31.9 Å². The van der Waals surface area contributed by atoms with Gasteiger partial charge < -0.3 is 14.8 Å². The van der Waals surface area contributed by atoms with E-state index in [1.54, 1.807) is 0 Å². The molecule has 0 radical (unpaired) electrons. The zero-order chi connectivity index (χ0) is 22.1. The second-order valence-electron chi connectivity index (χ2n) is 9.71. The van der Waals surface area contributed by atoms with Crippen LogP contribution in [0.15, 0.2) is 24.3 Å². The molecule has 5 nitrogen and oxygen atoms in total. The fourth-order valence-corrected chi connectivity index (χ4v) is 4.49. The molecule has 0 aliphatic carbocycles. The number of carbonyl (C=O) groups is 1. The summed E-state index contributed by atoms with van der Waals surface area (Å²) in [7, 11) is 0. The third kappa shape index (κ3) is 7.92. The molecule has 1 aromatic carbocycles. The maximum atomic E-state index is 12.9. The van der Waals surface area contributed by atoms with Gasteiger partial charge in [-0.3, -0.25) is 9.69 Å². The number of ether oxygens (including phenoxy) is 2. The molecule has 1 N–H and O–H groups in total. The monoisotopic (exact) mass is 418 g/mol. The molecule has 5 heteroatoms. The molecule has 170 valence electrons. The van der Waals surface area contributed by atoms with Crippen molar-refractivity contribution in [2.24, 2.45) is 17.8 Å². The number of anilines is 1. The van der Waals surface area contributed by atoms with Crippen molar-refractivity contribution in [3.63, 3.8) is 0 Å². The highest BCUT2D eigenvalue weighted by molar-refractivity contribution is 5.97. The van der Waals surface area contributed by atoms with E-state index < -0.39 is 5.60 Å². The van der Waals surface area contributed by atoms with Gasteiger partial charge in [-0.15, -0.1) is 0 Å². The minimum Gasteiger partial charge on any atom is -0.492 e. The Morgan fingerprint density at radius 1 is 1.17 bits per heavy atom. The molecule has 1 aromatic rings. The van der Waals surface area contributed by atoms with Crippen molar-refractivity contribution in [1.29, 1.82) is 0 Å². The largest absolute Gasteiger partial charge is 0.492 e. The minimum absolute atomic E-state index is 0.0911. The van der Waals surface area contributed by atoms with E-state index in [1.165, 1.54) is 6.42 Å². The SMILES string of the molecule is CCCOC(C)(CC(C)C)C(=O)Nc1ccc(OCCN2CC(C)CC(C)C2)cc1. The lowest BCUT2D eigenvalue weighted by atomic mass is 9.92. The molecule has 0 aromatic heterocycles. The van der Waals surface area contributed by atoms with Crippen molar-refractivity contribution in [3.8, 4) is 5.75 Å². The Kier molecular flexibility index (Phi) is 9.63. The summed E-state index contributed by atoms with van der Waals surface area (Å²) in [5.74, 6) is 2.64. The molecule has 2 rings (SSSR count). The summed E-state index contributed by atoms with van der Waals surface area (Å²) in [5.41, 5.74) is -0.0525. The third-order valence-electron chi connectivity index (χ3n) is 5.64. The van der Waals surface area contributed by atoms with Gasteiger partial charge in [-0.25, -0.2) is 0 Å². The van der Waals surface area contributed by atoms with E-state index in [0.29, 0.717) is 25.6 Å². The Labute approximate surface area is 183 Å². The average Bonchev–Trinajstić information content (AvgIpc) is 2.66. The highest BCUT2D eigenvalue weighted by Crippen LogP contribution is 2.25. The molecule has 0 saturated carbocycles. The molecule has 30 heavy (non-hydrogen) atoms. The van der Waals surface area contributed by atoms with Gasteiger partial charge in [-0.2, -0.15) is 0 Å². The van der Waals surface area contributed by atoms with E-state index in [4.69, 9.17) is 9.47 Å². The van der Waals surface area contributed by atoms with Gasteiger partial charge in [-0.05, 0) is 68.2 Å². The number of benzene rings is 1. The predicted molar refractivity (Wildman–Crippen MR) is 124 cm³/mol. The van der Waals surface area contributed by atoms with E-state index in [1.807, 2.05) is 31.2 Å². The number of rotatable bonds is 11. The van der Waals surface area contributed by atoms with E-state index in [0.717, 1.165) is 49.3 Å². The number of nitrogens with one attached hydrogen (secondary N) is 1. The van der Waals surface area contributed by atoms with Crippen LogP contribution in [-0.4, -0.2) is 49.3 Å². The Bertz CT molecular complexity index is 636. The summed E-state index contributed by atoms with van der Waals surface area (Å²) < 4.78 is 11.9. The van der Waals surface area contributed by atoms with Gasteiger partial charge in [0.05, 0.1) is 0 Å². The molecular formula is C25H42N2O3. The number of carbonyl (C=O) groups excluding carboxylic acids is 1. The second-order valence-corrected chi connectivity index (χ2v) is 9.71. The van der Waals surface area contributed by atoms with Crippen LogP contribution in [0.5, 0.6) is 5.75 Å². The van der Waals surface area contributed by atoms with Crippen LogP contribution in [0.2, 0.25) is 0 Å². The number of hydrogen-bond acceptors (Lipinski definition) is 4. The summed E-state index contributed by atoms with van der Waals surface area (Å²) >= 11 is 0. The summed E-state index contributed by atoms with van der Waals surface area (Å²) in [6.07, 6.45) is 2.90. The lowest BCUT2D eigenvalue weighted by molar-refractivity contribution is -0.141. The van der Waals surface area contributed by atoms with Crippen LogP contribution in [0.25, 0.3) is 0 Å². The Morgan fingerprint density at radius 2 is 1.80 bits per heavy atom. The fourth-order valence-electron chi connectivity index (χ4n) is 4.49. The molecule has 0 bridgehead atoms. The number of piperidine rings is 1. The molecule has 1 fully saturated rings. The van der Waals surface area contributed by atoms with Gasteiger partial charge in [0.25, 0.3) is 5.91 Å². The topological polar surface area (TPSA) is 50.8 Å². The fraction of sp³-hybridized carbons (Fsp3) is 0.720. The Hall–Kier alpha value is -1.59. The summed E-state index contributed by atoms with van der Waals surface area (Å²) in [4.78, 5) is 15.4. The zero-order valence-electron chi connectivity index (χ0n) is 19.9. The number of amides is 1. The van der Waals surface area contributed by atoms with E-state index in [9.17, 15) is 4.79 Å². The van der Waals surface area contributed by atoms with Crippen molar-refractivity contribution in [3.05, 3.63) is 24.3 Å². The molecule has 0 spiro atoms. The van der Waals surface area contributed by atoms with E-state index in [-0.39, 0.29) is 5.91 Å². The molecule has 1 heterocycles. The molecule has 1 saturated heterocycles. The summed E-state index contributed by atoms with van der Waals surface area (Å²) in [6, 6.07) is 7.63. The molecule has 1 aliphatic heterocycles. The lowest BCUT2D eigenvalue weighted by Gasteiger charge is -2.34. The van der Waals surface area contributed by atoms with Crippen LogP contribution >= 0.6 is 0 Å². The first kappa shape index (κ1) is 24.7. The zero-order valence-corrected chi connectivity index (χ0v) is 19.9. The Balaban J connectivity index is 1.84. The standard InChI is InChI=1S/C25H42N2O3/c1-7-13-30-25(6,16-19(2)3)24(28)26-22-8-10-23(11-9-22)29-14-12-27-17-20(4)15-21(5)18-27/h8-11,19-21H,7,12-18H2,1-6H3,(H,26,28). The van der Waals surface area contributed by atoms with Crippen LogP contribution in [0.1, 0.15) is 60.8 Å². The molecule has 1 amide bonds. The normalized spacial score (nSPS) is 22.0. The van der Waals surface area contributed by atoms with Crippen LogP contribution in [0.3, 0.4) is 0 Å². The first-order valence-electron chi connectivity index (χ1n) is 11.6. The number of hydrogen-bond donors (Lipinski definition) is 1. The highest BCUT2D eigenvalue weighted by Gasteiger charge is 2.35. The van der Waals surface area contributed by atoms with Crippen LogP contribution in [-0.2, 0) is 9.53 Å². The third-order valence-corrected chi connectivity index (χ3v) is 5.64. The van der Waals surface area contributed by atoms with Crippen molar-refractivity contribution in [1.82, 2.24) is 4.90 Å². The van der Waals surface area contributed by atoms with Crippen LogP contribution in [0.4, 0.5) is 5.69 Å².